The molecule has 5 heteroatoms. The average Bonchev–Trinajstić information content (AvgIpc) is 2.50. The minimum absolute atomic E-state index is 0. The van der Waals surface area contributed by atoms with E-state index in [1.165, 1.54) is 5.56 Å². The van der Waals surface area contributed by atoms with E-state index >= 15 is 0 Å². The van der Waals surface area contributed by atoms with Crippen molar-refractivity contribution in [3.8, 4) is 0 Å². The third kappa shape index (κ3) is 8.95. The van der Waals surface area contributed by atoms with Crippen LogP contribution in [0.2, 0.25) is 0 Å². The van der Waals surface area contributed by atoms with E-state index in [0.717, 1.165) is 12.5 Å². The minimum atomic E-state index is -0.0915. The molecule has 0 aromatic heterocycles. The number of benzene rings is 1. The first kappa shape index (κ1) is 21.9. The molecule has 0 fully saturated rings. The summed E-state index contributed by atoms with van der Waals surface area (Å²) in [5.74, 6) is 0.824. The van der Waals surface area contributed by atoms with Crippen LogP contribution in [0.25, 0.3) is 0 Å². The Hall–Kier alpha value is -1.08. The summed E-state index contributed by atoms with van der Waals surface area (Å²) in [4.78, 5) is 4.65. The standard InChI is InChI=1S/C18H30N4.HI/c1-6-13-20-17(19-7-2)21-14-18(4,5)22-15(3)16-11-9-8-10-12-16;/h6,8-12,15,22H,1,7,13-14H2,2-5H3,(H2,19,20,21);1H. The summed E-state index contributed by atoms with van der Waals surface area (Å²) < 4.78 is 0. The van der Waals surface area contributed by atoms with Crippen molar-refractivity contribution in [3.05, 3.63) is 48.6 Å². The van der Waals surface area contributed by atoms with Crippen LogP contribution in [0.4, 0.5) is 0 Å². The molecule has 1 atom stereocenters. The number of nitrogens with zero attached hydrogens (tertiary/aromatic N) is 1. The number of hydrogen-bond acceptors (Lipinski definition) is 2. The Labute approximate surface area is 158 Å². The first-order chi connectivity index (χ1) is 10.5. The largest absolute Gasteiger partial charge is 0.357 e. The Morgan fingerprint density at radius 3 is 2.48 bits per heavy atom. The maximum absolute atomic E-state index is 4.65. The normalized spacial score (nSPS) is 13.0. The van der Waals surface area contributed by atoms with E-state index in [0.29, 0.717) is 13.1 Å². The molecule has 23 heavy (non-hydrogen) atoms. The monoisotopic (exact) mass is 430 g/mol. The van der Waals surface area contributed by atoms with Gasteiger partial charge >= 0.3 is 0 Å². The molecule has 0 heterocycles. The van der Waals surface area contributed by atoms with Crippen LogP contribution >= 0.6 is 24.0 Å². The van der Waals surface area contributed by atoms with Gasteiger partial charge < -0.3 is 16.0 Å². The van der Waals surface area contributed by atoms with Gasteiger partial charge in [0.25, 0.3) is 0 Å². The fourth-order valence-electron chi connectivity index (χ4n) is 2.24. The molecule has 0 amide bonds. The molecule has 0 aliphatic heterocycles. The van der Waals surface area contributed by atoms with Crippen molar-refractivity contribution >= 4 is 29.9 Å². The zero-order chi connectivity index (χ0) is 16.4. The number of guanidine groups is 1. The molecule has 1 aromatic rings. The molecule has 0 aliphatic rings. The lowest BCUT2D eigenvalue weighted by atomic mass is 10.0. The molecular formula is C18H31IN4. The highest BCUT2D eigenvalue weighted by molar-refractivity contribution is 14.0. The maximum Gasteiger partial charge on any atom is 0.191 e. The van der Waals surface area contributed by atoms with E-state index in [2.05, 4.69) is 79.5 Å². The van der Waals surface area contributed by atoms with Crippen molar-refractivity contribution in [2.75, 3.05) is 19.6 Å². The highest BCUT2D eigenvalue weighted by Crippen LogP contribution is 2.16. The van der Waals surface area contributed by atoms with Gasteiger partial charge in [-0.05, 0) is 33.3 Å². The van der Waals surface area contributed by atoms with Gasteiger partial charge in [-0.15, -0.1) is 30.6 Å². The minimum Gasteiger partial charge on any atom is -0.357 e. The van der Waals surface area contributed by atoms with Crippen molar-refractivity contribution in [1.29, 1.82) is 0 Å². The Balaban J connectivity index is 0.00000484. The maximum atomic E-state index is 4.65. The van der Waals surface area contributed by atoms with Crippen molar-refractivity contribution in [1.82, 2.24) is 16.0 Å². The molecule has 1 aromatic carbocycles. The molecule has 1 unspecified atom stereocenters. The quantitative estimate of drug-likeness (QED) is 0.256. The molecule has 0 radical (unpaired) electrons. The van der Waals surface area contributed by atoms with Gasteiger partial charge in [-0.3, -0.25) is 4.99 Å². The van der Waals surface area contributed by atoms with Crippen LogP contribution in [-0.4, -0.2) is 31.1 Å². The summed E-state index contributed by atoms with van der Waals surface area (Å²) in [5, 5.41) is 10.1. The Bertz CT molecular complexity index is 471. The van der Waals surface area contributed by atoms with E-state index in [1.807, 2.05) is 12.1 Å². The van der Waals surface area contributed by atoms with Gasteiger partial charge in [-0.1, -0.05) is 36.4 Å². The first-order valence-corrected chi connectivity index (χ1v) is 7.94. The number of rotatable bonds is 8. The van der Waals surface area contributed by atoms with E-state index in [4.69, 9.17) is 0 Å². The average molecular weight is 430 g/mol. The van der Waals surface area contributed by atoms with Crippen LogP contribution in [0, 0.1) is 0 Å². The van der Waals surface area contributed by atoms with E-state index in [9.17, 15) is 0 Å². The topological polar surface area (TPSA) is 48.5 Å². The molecule has 1 rings (SSSR count). The molecule has 0 saturated heterocycles. The zero-order valence-electron chi connectivity index (χ0n) is 14.7. The second-order valence-electron chi connectivity index (χ2n) is 6.03. The molecule has 0 bridgehead atoms. The van der Waals surface area contributed by atoms with Crippen LogP contribution in [0.3, 0.4) is 0 Å². The molecule has 0 spiro atoms. The lowest BCUT2D eigenvalue weighted by molar-refractivity contribution is 0.356. The van der Waals surface area contributed by atoms with Crippen LogP contribution in [0.5, 0.6) is 0 Å². The van der Waals surface area contributed by atoms with Crippen LogP contribution < -0.4 is 16.0 Å². The van der Waals surface area contributed by atoms with E-state index in [-0.39, 0.29) is 35.6 Å². The lowest BCUT2D eigenvalue weighted by Crippen LogP contribution is -2.45. The Morgan fingerprint density at radius 1 is 1.26 bits per heavy atom. The fourth-order valence-corrected chi connectivity index (χ4v) is 2.24. The number of halogens is 1. The second kappa shape index (κ2) is 11.5. The molecule has 130 valence electrons. The smallest absolute Gasteiger partial charge is 0.191 e. The molecule has 4 nitrogen and oxygen atoms in total. The summed E-state index contributed by atoms with van der Waals surface area (Å²) in [6.07, 6.45) is 1.83. The number of hydrogen-bond donors (Lipinski definition) is 3. The SMILES string of the molecule is C=CCNC(=NCC(C)(C)NC(C)c1ccccc1)NCC.I. The van der Waals surface area contributed by atoms with E-state index in [1.54, 1.807) is 0 Å². The van der Waals surface area contributed by atoms with Crippen LogP contribution in [-0.2, 0) is 0 Å². The van der Waals surface area contributed by atoms with Crippen LogP contribution in [0.15, 0.2) is 48.0 Å². The Kier molecular flexibility index (Phi) is 10.9. The van der Waals surface area contributed by atoms with Gasteiger partial charge in [0.2, 0.25) is 0 Å². The summed E-state index contributed by atoms with van der Waals surface area (Å²) >= 11 is 0. The van der Waals surface area contributed by atoms with Gasteiger partial charge in [-0.25, -0.2) is 0 Å². The fraction of sp³-hybridized carbons (Fsp3) is 0.500. The predicted molar refractivity (Wildman–Crippen MR) is 112 cm³/mol. The predicted octanol–water partition coefficient (Wildman–Crippen LogP) is 3.47. The number of nitrogens with one attached hydrogen (secondary N) is 3. The third-order valence-electron chi connectivity index (χ3n) is 3.30. The van der Waals surface area contributed by atoms with Gasteiger partial charge in [0, 0.05) is 24.7 Å². The Morgan fingerprint density at radius 2 is 1.91 bits per heavy atom. The summed E-state index contributed by atoms with van der Waals surface area (Å²) in [7, 11) is 0. The van der Waals surface area contributed by atoms with Gasteiger partial charge in [0.1, 0.15) is 0 Å². The van der Waals surface area contributed by atoms with E-state index < -0.39 is 0 Å². The highest BCUT2D eigenvalue weighted by atomic mass is 127. The van der Waals surface area contributed by atoms with Gasteiger partial charge in [0.05, 0.1) is 6.54 Å². The molecule has 0 saturated carbocycles. The number of aliphatic imine (C=N–C) groups is 1. The summed E-state index contributed by atoms with van der Waals surface area (Å²) in [6, 6.07) is 10.8. The van der Waals surface area contributed by atoms with Gasteiger partial charge in [-0.2, -0.15) is 0 Å². The van der Waals surface area contributed by atoms with Crippen molar-refractivity contribution in [3.63, 3.8) is 0 Å². The van der Waals surface area contributed by atoms with Crippen molar-refractivity contribution in [2.24, 2.45) is 4.99 Å². The van der Waals surface area contributed by atoms with Crippen LogP contribution in [0.1, 0.15) is 39.3 Å². The summed E-state index contributed by atoms with van der Waals surface area (Å²) in [6.45, 7) is 14.6. The third-order valence-corrected chi connectivity index (χ3v) is 3.30. The van der Waals surface area contributed by atoms with Gasteiger partial charge in [0.15, 0.2) is 5.96 Å². The summed E-state index contributed by atoms with van der Waals surface area (Å²) in [5.41, 5.74) is 1.20. The lowest BCUT2D eigenvalue weighted by Gasteiger charge is -2.29. The second-order valence-corrected chi connectivity index (χ2v) is 6.03. The van der Waals surface area contributed by atoms with Crippen molar-refractivity contribution < 1.29 is 0 Å². The first-order valence-electron chi connectivity index (χ1n) is 7.94. The highest BCUT2D eigenvalue weighted by Gasteiger charge is 2.20. The molecule has 3 N–H and O–H groups in total. The zero-order valence-corrected chi connectivity index (χ0v) is 17.1. The van der Waals surface area contributed by atoms with Crippen molar-refractivity contribution in [2.45, 2.75) is 39.3 Å². The molecular weight excluding hydrogens is 399 g/mol. The molecule has 0 aliphatic carbocycles.